The number of hydrogen-bond donors (Lipinski definition) is 2. The third-order valence-electron chi connectivity index (χ3n) is 3.92. The van der Waals surface area contributed by atoms with Crippen LogP contribution in [0.3, 0.4) is 0 Å². The minimum absolute atomic E-state index is 0.0201. The predicted octanol–water partition coefficient (Wildman–Crippen LogP) is 3.99. The van der Waals surface area contributed by atoms with E-state index in [2.05, 4.69) is 15.3 Å². The summed E-state index contributed by atoms with van der Waals surface area (Å²) >= 11 is 11.6. The Morgan fingerprint density at radius 2 is 2.10 bits per heavy atom. The van der Waals surface area contributed by atoms with Crippen molar-refractivity contribution < 1.29 is 27.4 Å². The molecule has 1 aliphatic rings. The lowest BCUT2D eigenvalue weighted by atomic mass is 9.90. The summed E-state index contributed by atoms with van der Waals surface area (Å²) in [6.45, 7) is -0.726. The van der Waals surface area contributed by atoms with Gasteiger partial charge in [-0.15, -0.1) is 0 Å². The first-order valence-corrected chi connectivity index (χ1v) is 8.77. The molecule has 2 aromatic rings. The van der Waals surface area contributed by atoms with Gasteiger partial charge < -0.3 is 15.2 Å². The van der Waals surface area contributed by atoms with Crippen LogP contribution in [-0.4, -0.2) is 36.6 Å². The molecule has 0 spiro atoms. The van der Waals surface area contributed by atoms with Gasteiger partial charge >= 0.3 is 6.09 Å². The summed E-state index contributed by atoms with van der Waals surface area (Å²) in [6, 6.07) is 4.38. The lowest BCUT2D eigenvalue weighted by Crippen LogP contribution is -2.45. The molecule has 2 heterocycles. The molecular weight excluding hydrogens is 436 g/mol. The van der Waals surface area contributed by atoms with Crippen LogP contribution in [0.15, 0.2) is 35.5 Å². The molecule has 0 aliphatic carbocycles. The summed E-state index contributed by atoms with van der Waals surface area (Å²) in [6.07, 6.45) is -2.94. The van der Waals surface area contributed by atoms with Crippen LogP contribution in [0.5, 0.6) is 5.88 Å². The van der Waals surface area contributed by atoms with Crippen LogP contribution in [0.25, 0.3) is 0 Å². The monoisotopic (exact) mass is 448 g/mol. The van der Waals surface area contributed by atoms with Crippen LogP contribution in [-0.2, 0) is 10.3 Å². The molecule has 154 valence electrons. The molecule has 12 heteroatoms. The van der Waals surface area contributed by atoms with E-state index in [4.69, 9.17) is 38.4 Å². The highest BCUT2D eigenvalue weighted by atomic mass is 35.5. The zero-order valence-corrected chi connectivity index (χ0v) is 16.0. The van der Waals surface area contributed by atoms with Gasteiger partial charge in [0, 0.05) is 17.4 Å². The number of nitrogens with one attached hydrogen (secondary N) is 1. The number of pyridine rings is 1. The van der Waals surface area contributed by atoms with E-state index in [-0.39, 0.29) is 34.1 Å². The molecule has 3 N–H and O–H groups in total. The molecule has 29 heavy (non-hydrogen) atoms. The average Bonchev–Trinajstić information content (AvgIpc) is 2.65. The van der Waals surface area contributed by atoms with Gasteiger partial charge in [0.25, 0.3) is 6.43 Å². The van der Waals surface area contributed by atoms with E-state index in [1.54, 1.807) is 0 Å². The molecule has 0 radical (unpaired) electrons. The summed E-state index contributed by atoms with van der Waals surface area (Å²) in [7, 11) is 0. The first kappa shape index (κ1) is 21.2. The van der Waals surface area contributed by atoms with Crippen molar-refractivity contribution in [2.24, 2.45) is 10.7 Å². The molecular formula is C17H13Cl2F3N4O3. The second-order valence-corrected chi connectivity index (χ2v) is 6.81. The minimum Gasteiger partial charge on any atom is -0.389 e. The summed E-state index contributed by atoms with van der Waals surface area (Å²) in [5.41, 5.74) is 2.66. The van der Waals surface area contributed by atoms with Crippen molar-refractivity contribution in [3.63, 3.8) is 0 Å². The van der Waals surface area contributed by atoms with Crippen molar-refractivity contribution in [1.29, 1.82) is 0 Å². The molecule has 7 nitrogen and oxygen atoms in total. The zero-order chi connectivity index (χ0) is 21.2. The Labute approximate surface area is 172 Å². The Morgan fingerprint density at radius 1 is 1.34 bits per heavy atom. The largest absolute Gasteiger partial charge is 0.418 e. The molecule has 0 saturated carbocycles. The number of anilines is 1. The second-order valence-electron chi connectivity index (χ2n) is 5.97. The van der Waals surface area contributed by atoms with E-state index in [1.165, 1.54) is 12.3 Å². The number of hydrogen-bond acceptors (Lipinski definition) is 6. The number of carbonyl (C=O) groups is 1. The van der Waals surface area contributed by atoms with Crippen molar-refractivity contribution in [3.05, 3.63) is 51.9 Å². The Hall–Kier alpha value is -2.56. The van der Waals surface area contributed by atoms with E-state index >= 15 is 0 Å². The van der Waals surface area contributed by atoms with Gasteiger partial charge in [0.15, 0.2) is 5.54 Å². The molecule has 1 aromatic carbocycles. The van der Waals surface area contributed by atoms with E-state index in [0.29, 0.717) is 0 Å². The van der Waals surface area contributed by atoms with Gasteiger partial charge in [-0.05, 0) is 24.3 Å². The molecule has 1 amide bonds. The topological polar surface area (TPSA) is 98.8 Å². The number of amidine groups is 1. The SMILES string of the molecule is NC1=N[C@@](c2cc(NC(=O)Oc3ncc(Cl)cc3Cl)ccc2F)(C(F)F)COC1. The van der Waals surface area contributed by atoms with Crippen molar-refractivity contribution in [2.45, 2.75) is 12.0 Å². The quantitative estimate of drug-likeness (QED) is 0.736. The lowest BCUT2D eigenvalue weighted by molar-refractivity contribution is -0.0145. The lowest BCUT2D eigenvalue weighted by Gasteiger charge is -2.33. The number of rotatable bonds is 4. The number of carbonyl (C=O) groups excluding carboxylic acids is 1. The number of aliphatic imine (C=N–C) groups is 1. The average molecular weight is 449 g/mol. The number of ether oxygens (including phenoxy) is 2. The molecule has 1 aliphatic heterocycles. The number of nitrogens with two attached hydrogens (primary N) is 1. The number of aromatic nitrogens is 1. The highest BCUT2D eigenvalue weighted by Crippen LogP contribution is 2.38. The first-order chi connectivity index (χ1) is 13.7. The van der Waals surface area contributed by atoms with Crippen LogP contribution < -0.4 is 15.8 Å². The number of amides is 1. The highest BCUT2D eigenvalue weighted by Gasteiger charge is 2.46. The molecule has 3 rings (SSSR count). The smallest absolute Gasteiger partial charge is 0.389 e. The van der Waals surface area contributed by atoms with Crippen molar-refractivity contribution in [2.75, 3.05) is 18.5 Å². The molecule has 1 aromatic heterocycles. The van der Waals surface area contributed by atoms with E-state index in [1.807, 2.05) is 0 Å². The highest BCUT2D eigenvalue weighted by molar-refractivity contribution is 6.35. The summed E-state index contributed by atoms with van der Waals surface area (Å²) < 4.78 is 52.0. The maximum Gasteiger partial charge on any atom is 0.418 e. The normalized spacial score (nSPS) is 19.0. The third kappa shape index (κ3) is 4.55. The number of halogens is 5. The first-order valence-electron chi connectivity index (χ1n) is 8.01. The molecule has 0 fully saturated rings. The van der Waals surface area contributed by atoms with Crippen LogP contribution >= 0.6 is 23.2 Å². The van der Waals surface area contributed by atoms with E-state index < -0.39 is 36.0 Å². The van der Waals surface area contributed by atoms with Gasteiger partial charge in [-0.1, -0.05) is 23.2 Å². The van der Waals surface area contributed by atoms with Gasteiger partial charge in [0.2, 0.25) is 5.88 Å². The fourth-order valence-electron chi connectivity index (χ4n) is 2.64. The van der Waals surface area contributed by atoms with Gasteiger partial charge in [0.1, 0.15) is 23.3 Å². The minimum atomic E-state index is -3.12. The standard InChI is InChI=1S/C17H13Cl2F3N4O3/c18-8-3-11(19)14(24-5-8)29-16(27)25-9-1-2-12(20)10(4-9)17(15(21)22)7-28-6-13(23)26-17/h1-5,15H,6-7H2,(H2,23,26)(H,25,27)/t17-/m0/s1. The zero-order valence-electron chi connectivity index (χ0n) is 14.5. The summed E-state index contributed by atoms with van der Waals surface area (Å²) in [4.78, 5) is 19.6. The van der Waals surface area contributed by atoms with Gasteiger partial charge in [0.05, 0.1) is 11.6 Å². The van der Waals surface area contributed by atoms with Gasteiger partial charge in [-0.25, -0.2) is 22.9 Å². The Balaban J connectivity index is 1.87. The van der Waals surface area contributed by atoms with Crippen LogP contribution in [0.2, 0.25) is 10.0 Å². The molecule has 0 unspecified atom stereocenters. The summed E-state index contributed by atoms with van der Waals surface area (Å²) in [5, 5.41) is 2.50. The van der Waals surface area contributed by atoms with Crippen LogP contribution in [0, 0.1) is 5.82 Å². The molecule has 0 saturated heterocycles. The van der Waals surface area contributed by atoms with Crippen molar-refractivity contribution in [1.82, 2.24) is 4.98 Å². The van der Waals surface area contributed by atoms with Gasteiger partial charge in [-0.3, -0.25) is 10.3 Å². The fourth-order valence-corrected chi connectivity index (χ4v) is 3.06. The number of alkyl halides is 2. The van der Waals surface area contributed by atoms with Gasteiger partial charge in [-0.2, -0.15) is 0 Å². The van der Waals surface area contributed by atoms with E-state index in [0.717, 1.165) is 18.2 Å². The Morgan fingerprint density at radius 3 is 2.76 bits per heavy atom. The van der Waals surface area contributed by atoms with Crippen LogP contribution in [0.4, 0.5) is 23.7 Å². The maximum atomic E-state index is 14.4. The Bertz CT molecular complexity index is 977. The van der Waals surface area contributed by atoms with Crippen LogP contribution in [0.1, 0.15) is 5.56 Å². The number of nitrogens with zero attached hydrogens (tertiary/aromatic N) is 2. The second kappa shape index (κ2) is 8.44. The maximum absolute atomic E-state index is 14.4. The fraction of sp³-hybridized carbons (Fsp3) is 0.235. The molecule has 1 atom stereocenters. The van der Waals surface area contributed by atoms with Crippen molar-refractivity contribution in [3.8, 4) is 5.88 Å². The third-order valence-corrected chi connectivity index (χ3v) is 4.40. The molecule has 0 bridgehead atoms. The summed E-state index contributed by atoms with van der Waals surface area (Å²) in [5.74, 6) is -1.39. The van der Waals surface area contributed by atoms with E-state index in [9.17, 15) is 18.0 Å². The van der Waals surface area contributed by atoms with Crippen molar-refractivity contribution >= 4 is 40.8 Å². The predicted molar refractivity (Wildman–Crippen MR) is 100 cm³/mol. The number of benzene rings is 1. The Kier molecular flexibility index (Phi) is 6.15.